The van der Waals surface area contributed by atoms with E-state index < -0.39 is 40.5 Å². The lowest BCUT2D eigenvalue weighted by molar-refractivity contribution is -0.144. The van der Waals surface area contributed by atoms with E-state index in [1.807, 2.05) is 185 Å². The fourth-order valence-corrected chi connectivity index (χ4v) is 7.11. The second kappa shape index (κ2) is 15.9. The molecule has 0 bridgehead atoms. The van der Waals surface area contributed by atoms with Crippen LogP contribution in [-0.4, -0.2) is 22.0 Å². The number of aryl methyl sites for hydroxylation is 4. The molecule has 280 valence electrons. The molecule has 0 aliphatic carbocycles. The molecule has 0 aromatic heterocycles. The highest BCUT2D eigenvalue weighted by Crippen LogP contribution is 2.44. The third kappa shape index (κ3) is 7.88. The molecule has 6 aromatic carbocycles. The Balaban J connectivity index is 1.43. The number of aliphatic hydroxyl groups is 2. The predicted octanol–water partition coefficient (Wildman–Crippen LogP) is 8.83. The quantitative estimate of drug-likeness (QED) is 0.0947. The number of carbonyl (C=O) groups is 2. The number of benzene rings is 6. The third-order valence-corrected chi connectivity index (χ3v) is 10.8. The molecule has 0 radical (unpaired) electrons. The molecule has 0 fully saturated rings. The van der Waals surface area contributed by atoms with Crippen molar-refractivity contribution in [1.29, 1.82) is 0 Å². The van der Waals surface area contributed by atoms with Crippen molar-refractivity contribution in [2.24, 2.45) is 5.41 Å². The first kappa shape index (κ1) is 38.9. The van der Waals surface area contributed by atoms with Crippen LogP contribution in [0.2, 0.25) is 0 Å². The van der Waals surface area contributed by atoms with Crippen LogP contribution in [0.25, 0.3) is 0 Å². The summed E-state index contributed by atoms with van der Waals surface area (Å²) in [4.78, 5) is 29.5. The standard InChI is InChI=1S/C49H50N2O4/c1-33-17-25-39(26-18-33)48(54,40-27-19-34(2)20-28-40)43(37-13-9-7-10-14-37)50-45(52)47(5,6)46(53)51-44(38-15-11-8-12-16-38)49(55,41-29-21-35(3)22-30-41)42-31-23-36(4)24-32-42/h7-32,43-44,54-55H,1-6H3,(H,50,52)(H,51,53)/t43-,44-/m0/s1. The Bertz CT molecular complexity index is 1960. The SMILES string of the molecule is Cc1ccc(C(O)(c2ccc(C)cc2)[C@@H](NC(=O)C(C)(C)C(=O)N[C@@H](c2ccccc2)C(O)(c2ccc(C)cc2)c2ccc(C)cc2)c2ccccc2)cc1. The normalized spacial score (nSPS) is 13.1. The first-order chi connectivity index (χ1) is 26.2. The van der Waals surface area contributed by atoms with E-state index in [1.165, 1.54) is 0 Å². The van der Waals surface area contributed by atoms with Gasteiger partial charge in [0.1, 0.15) is 16.6 Å². The molecule has 6 rings (SSSR count). The minimum atomic E-state index is -1.73. The average molecular weight is 731 g/mol. The maximum Gasteiger partial charge on any atom is 0.235 e. The van der Waals surface area contributed by atoms with Crippen LogP contribution in [0.5, 0.6) is 0 Å². The van der Waals surface area contributed by atoms with E-state index in [1.54, 1.807) is 13.8 Å². The van der Waals surface area contributed by atoms with E-state index in [0.29, 0.717) is 33.4 Å². The van der Waals surface area contributed by atoms with Gasteiger partial charge >= 0.3 is 0 Å². The van der Waals surface area contributed by atoms with E-state index in [-0.39, 0.29) is 0 Å². The first-order valence-corrected chi connectivity index (χ1v) is 18.7. The molecule has 6 heteroatoms. The van der Waals surface area contributed by atoms with Gasteiger partial charge in [0.2, 0.25) is 11.8 Å². The number of nitrogens with one attached hydrogen (secondary N) is 2. The van der Waals surface area contributed by atoms with E-state index in [9.17, 15) is 19.8 Å². The summed E-state index contributed by atoms with van der Waals surface area (Å²) in [7, 11) is 0. The molecule has 0 heterocycles. The Morgan fingerprint density at radius 3 is 0.891 bits per heavy atom. The summed E-state index contributed by atoms with van der Waals surface area (Å²) in [5.74, 6) is -1.20. The Morgan fingerprint density at radius 1 is 0.418 bits per heavy atom. The molecule has 2 amide bonds. The van der Waals surface area contributed by atoms with Gasteiger partial charge in [-0.05, 0) is 74.9 Å². The summed E-state index contributed by atoms with van der Waals surface area (Å²) in [5, 5.41) is 32.4. The molecule has 0 unspecified atom stereocenters. The molecule has 0 saturated heterocycles. The Hall–Kier alpha value is -5.82. The lowest BCUT2D eigenvalue weighted by Gasteiger charge is -2.41. The first-order valence-electron chi connectivity index (χ1n) is 18.7. The van der Waals surface area contributed by atoms with Crippen molar-refractivity contribution in [3.05, 3.63) is 213 Å². The van der Waals surface area contributed by atoms with Gasteiger partial charge < -0.3 is 20.8 Å². The molecule has 6 nitrogen and oxygen atoms in total. The summed E-state index contributed by atoms with van der Waals surface area (Å²) in [6.07, 6.45) is 0. The minimum Gasteiger partial charge on any atom is -0.378 e. The molecule has 0 aliphatic rings. The average Bonchev–Trinajstić information content (AvgIpc) is 3.20. The van der Waals surface area contributed by atoms with E-state index in [0.717, 1.165) is 22.3 Å². The highest BCUT2D eigenvalue weighted by atomic mass is 16.3. The molecule has 4 N–H and O–H groups in total. The Labute approximate surface area is 324 Å². The maximum absolute atomic E-state index is 14.7. The van der Waals surface area contributed by atoms with Gasteiger partial charge in [0.05, 0.1) is 12.1 Å². The monoisotopic (exact) mass is 730 g/mol. The number of rotatable bonds is 12. The predicted molar refractivity (Wildman–Crippen MR) is 219 cm³/mol. The summed E-state index contributed by atoms with van der Waals surface area (Å²) < 4.78 is 0. The van der Waals surface area contributed by atoms with Crippen molar-refractivity contribution in [3.63, 3.8) is 0 Å². The van der Waals surface area contributed by atoms with Crippen molar-refractivity contribution < 1.29 is 19.8 Å². The summed E-state index contributed by atoms with van der Waals surface area (Å²) in [6.45, 7) is 11.0. The summed E-state index contributed by atoms with van der Waals surface area (Å²) in [5.41, 5.74) is 2.63. The van der Waals surface area contributed by atoms with Gasteiger partial charge in [-0.25, -0.2) is 0 Å². The molecular formula is C49H50N2O4. The fourth-order valence-electron chi connectivity index (χ4n) is 7.11. The van der Waals surface area contributed by atoms with Gasteiger partial charge in [-0.15, -0.1) is 0 Å². The van der Waals surface area contributed by atoms with Crippen LogP contribution in [0.1, 0.15) is 81.6 Å². The lowest BCUT2D eigenvalue weighted by atomic mass is 9.75. The van der Waals surface area contributed by atoms with Crippen molar-refractivity contribution in [1.82, 2.24) is 10.6 Å². The van der Waals surface area contributed by atoms with Crippen LogP contribution in [-0.2, 0) is 20.8 Å². The third-order valence-electron chi connectivity index (χ3n) is 10.8. The molecular weight excluding hydrogens is 681 g/mol. The van der Waals surface area contributed by atoms with Crippen LogP contribution in [0.4, 0.5) is 0 Å². The highest BCUT2D eigenvalue weighted by molar-refractivity contribution is 6.04. The van der Waals surface area contributed by atoms with Crippen LogP contribution >= 0.6 is 0 Å². The Kier molecular flexibility index (Phi) is 11.2. The van der Waals surface area contributed by atoms with Crippen molar-refractivity contribution in [2.45, 2.75) is 64.8 Å². The molecule has 2 atom stereocenters. The van der Waals surface area contributed by atoms with E-state index in [4.69, 9.17) is 0 Å². The number of hydrogen-bond acceptors (Lipinski definition) is 4. The van der Waals surface area contributed by atoms with E-state index in [2.05, 4.69) is 10.6 Å². The smallest absolute Gasteiger partial charge is 0.235 e. The highest BCUT2D eigenvalue weighted by Gasteiger charge is 2.48. The van der Waals surface area contributed by atoms with Crippen LogP contribution in [0, 0.1) is 33.1 Å². The zero-order valence-electron chi connectivity index (χ0n) is 32.4. The zero-order chi connectivity index (χ0) is 39.4. The van der Waals surface area contributed by atoms with Crippen LogP contribution in [0.15, 0.2) is 158 Å². The lowest BCUT2D eigenvalue weighted by Crippen LogP contribution is -2.55. The largest absolute Gasteiger partial charge is 0.378 e. The van der Waals surface area contributed by atoms with Gasteiger partial charge in [-0.2, -0.15) is 0 Å². The van der Waals surface area contributed by atoms with Gasteiger partial charge in [-0.1, -0.05) is 180 Å². The summed E-state index contributed by atoms with van der Waals surface area (Å²) >= 11 is 0. The maximum atomic E-state index is 14.7. The fraction of sp³-hybridized carbons (Fsp3) is 0.224. The number of amides is 2. The number of carbonyl (C=O) groups excluding carboxylic acids is 2. The second-order valence-electron chi connectivity index (χ2n) is 15.3. The van der Waals surface area contributed by atoms with Crippen LogP contribution in [0.3, 0.4) is 0 Å². The van der Waals surface area contributed by atoms with Gasteiger partial charge in [0, 0.05) is 0 Å². The molecule has 6 aromatic rings. The minimum absolute atomic E-state index is 0.587. The van der Waals surface area contributed by atoms with E-state index >= 15 is 0 Å². The second-order valence-corrected chi connectivity index (χ2v) is 15.3. The van der Waals surface area contributed by atoms with Crippen molar-refractivity contribution >= 4 is 11.8 Å². The van der Waals surface area contributed by atoms with Crippen molar-refractivity contribution in [3.8, 4) is 0 Å². The zero-order valence-corrected chi connectivity index (χ0v) is 32.4. The molecule has 0 saturated carbocycles. The molecule has 0 spiro atoms. The molecule has 55 heavy (non-hydrogen) atoms. The van der Waals surface area contributed by atoms with Crippen molar-refractivity contribution in [2.75, 3.05) is 0 Å². The van der Waals surface area contributed by atoms with Crippen LogP contribution < -0.4 is 10.6 Å². The number of hydrogen-bond donors (Lipinski definition) is 4. The Morgan fingerprint density at radius 2 is 0.655 bits per heavy atom. The van der Waals surface area contributed by atoms with Gasteiger partial charge in [0.25, 0.3) is 0 Å². The van der Waals surface area contributed by atoms with Gasteiger partial charge in [0.15, 0.2) is 0 Å². The van der Waals surface area contributed by atoms with Gasteiger partial charge in [-0.3, -0.25) is 9.59 Å². The summed E-state index contributed by atoms with van der Waals surface area (Å²) in [6, 6.07) is 47.1. The topological polar surface area (TPSA) is 98.7 Å². The molecule has 0 aliphatic heterocycles.